The topological polar surface area (TPSA) is 39.5 Å². The third-order valence-corrected chi connectivity index (χ3v) is 4.28. The molecule has 1 saturated heterocycles. The summed E-state index contributed by atoms with van der Waals surface area (Å²) in [7, 11) is 1.71. The smallest absolute Gasteiger partial charge is 0.0704 e. The molecule has 0 spiro atoms. The summed E-state index contributed by atoms with van der Waals surface area (Å²) in [5, 5.41) is 4.56. The van der Waals surface area contributed by atoms with Crippen LogP contribution < -0.4 is 0 Å². The maximum Gasteiger partial charge on any atom is 0.0704 e. The van der Waals surface area contributed by atoms with E-state index in [0.717, 1.165) is 38.2 Å². The SMILES string of the molecule is COCCOC1CCN([C@H](C)Cn2nc(C)cc2C)CC1. The first-order valence-electron chi connectivity index (χ1n) is 7.95. The van der Waals surface area contributed by atoms with Crippen molar-refractivity contribution in [3.8, 4) is 0 Å². The summed E-state index contributed by atoms with van der Waals surface area (Å²) in [6.45, 7) is 11.1. The molecule has 1 aliphatic heterocycles. The number of aromatic nitrogens is 2. The second-order valence-electron chi connectivity index (χ2n) is 6.06. The van der Waals surface area contributed by atoms with Crippen molar-refractivity contribution in [2.24, 2.45) is 0 Å². The molecule has 2 heterocycles. The number of hydrogen-bond donors (Lipinski definition) is 0. The molecule has 1 aromatic rings. The Kier molecular flexibility index (Phi) is 6.21. The minimum absolute atomic E-state index is 0.400. The van der Waals surface area contributed by atoms with E-state index in [-0.39, 0.29) is 0 Å². The van der Waals surface area contributed by atoms with E-state index in [1.54, 1.807) is 7.11 Å². The molecule has 0 radical (unpaired) electrons. The van der Waals surface area contributed by atoms with Gasteiger partial charge in [-0.15, -0.1) is 0 Å². The lowest BCUT2D eigenvalue weighted by atomic mass is 10.1. The summed E-state index contributed by atoms with van der Waals surface area (Å²) in [6, 6.07) is 2.66. The van der Waals surface area contributed by atoms with E-state index in [0.29, 0.717) is 25.4 Å². The van der Waals surface area contributed by atoms with E-state index in [1.165, 1.54) is 5.69 Å². The van der Waals surface area contributed by atoms with E-state index in [9.17, 15) is 0 Å². The number of aryl methyl sites for hydroxylation is 2. The van der Waals surface area contributed by atoms with Crippen LogP contribution in [-0.2, 0) is 16.0 Å². The highest BCUT2D eigenvalue weighted by atomic mass is 16.5. The fraction of sp³-hybridized carbons (Fsp3) is 0.812. The maximum atomic E-state index is 5.82. The Morgan fingerprint density at radius 1 is 1.29 bits per heavy atom. The molecule has 0 aromatic carbocycles. The molecule has 1 aliphatic rings. The van der Waals surface area contributed by atoms with Crippen LogP contribution in [0, 0.1) is 13.8 Å². The second kappa shape index (κ2) is 7.92. The van der Waals surface area contributed by atoms with Gasteiger partial charge < -0.3 is 9.47 Å². The van der Waals surface area contributed by atoms with Crippen molar-refractivity contribution in [3.63, 3.8) is 0 Å². The van der Waals surface area contributed by atoms with Crippen LogP contribution >= 0.6 is 0 Å². The van der Waals surface area contributed by atoms with Crippen LogP contribution in [0.25, 0.3) is 0 Å². The van der Waals surface area contributed by atoms with Crippen molar-refractivity contribution >= 4 is 0 Å². The first kappa shape index (κ1) is 16.5. The quantitative estimate of drug-likeness (QED) is 0.722. The molecule has 0 bridgehead atoms. The third kappa shape index (κ3) is 4.80. The van der Waals surface area contributed by atoms with Crippen molar-refractivity contribution in [2.75, 3.05) is 33.4 Å². The van der Waals surface area contributed by atoms with Crippen molar-refractivity contribution in [2.45, 2.75) is 52.3 Å². The second-order valence-corrected chi connectivity index (χ2v) is 6.06. The molecular formula is C16H29N3O2. The summed E-state index contributed by atoms with van der Waals surface area (Å²) in [4.78, 5) is 2.55. The number of ether oxygens (including phenoxy) is 2. The van der Waals surface area contributed by atoms with Crippen molar-refractivity contribution in [3.05, 3.63) is 17.5 Å². The number of methoxy groups -OCH3 is 1. The van der Waals surface area contributed by atoms with Gasteiger partial charge in [-0.05, 0) is 39.7 Å². The van der Waals surface area contributed by atoms with E-state index >= 15 is 0 Å². The van der Waals surface area contributed by atoms with Crippen molar-refractivity contribution in [1.29, 1.82) is 0 Å². The van der Waals surface area contributed by atoms with Gasteiger partial charge in [0.1, 0.15) is 0 Å². The van der Waals surface area contributed by atoms with Gasteiger partial charge in [-0.3, -0.25) is 9.58 Å². The highest BCUT2D eigenvalue weighted by molar-refractivity contribution is 5.06. The molecule has 0 unspecified atom stereocenters. The first-order chi connectivity index (χ1) is 10.1. The van der Waals surface area contributed by atoms with Gasteiger partial charge in [0.25, 0.3) is 0 Å². The zero-order valence-corrected chi connectivity index (χ0v) is 13.8. The maximum absolute atomic E-state index is 5.82. The Labute approximate surface area is 128 Å². The van der Waals surface area contributed by atoms with Gasteiger partial charge in [0, 0.05) is 31.9 Å². The molecule has 1 aromatic heterocycles. The van der Waals surface area contributed by atoms with Gasteiger partial charge in [-0.2, -0.15) is 5.10 Å². The van der Waals surface area contributed by atoms with Crippen molar-refractivity contribution < 1.29 is 9.47 Å². The predicted octanol–water partition coefficient (Wildman–Crippen LogP) is 2.02. The average molecular weight is 295 g/mol. The molecule has 0 N–H and O–H groups in total. The molecule has 0 aliphatic carbocycles. The van der Waals surface area contributed by atoms with Crippen LogP contribution in [0.5, 0.6) is 0 Å². The number of nitrogens with zero attached hydrogens (tertiary/aromatic N) is 3. The van der Waals surface area contributed by atoms with Gasteiger partial charge in [-0.25, -0.2) is 0 Å². The number of likely N-dealkylation sites (tertiary alicyclic amines) is 1. The van der Waals surface area contributed by atoms with Crippen molar-refractivity contribution in [1.82, 2.24) is 14.7 Å². The van der Waals surface area contributed by atoms with Gasteiger partial charge in [0.05, 0.1) is 31.6 Å². The lowest BCUT2D eigenvalue weighted by molar-refractivity contribution is -0.0213. The highest BCUT2D eigenvalue weighted by Gasteiger charge is 2.23. The Hall–Kier alpha value is -0.910. The zero-order valence-electron chi connectivity index (χ0n) is 13.8. The Morgan fingerprint density at radius 2 is 2.00 bits per heavy atom. The van der Waals surface area contributed by atoms with Gasteiger partial charge in [-0.1, -0.05) is 0 Å². The summed E-state index contributed by atoms with van der Waals surface area (Å²) in [5.41, 5.74) is 2.35. The third-order valence-electron chi connectivity index (χ3n) is 4.28. The first-order valence-corrected chi connectivity index (χ1v) is 7.95. The number of rotatable bonds is 7. The van der Waals surface area contributed by atoms with Gasteiger partial charge in [0.2, 0.25) is 0 Å². The van der Waals surface area contributed by atoms with Crippen LogP contribution in [-0.4, -0.2) is 60.2 Å². The lowest BCUT2D eigenvalue weighted by Gasteiger charge is -2.36. The molecule has 2 rings (SSSR count). The van der Waals surface area contributed by atoms with E-state index in [1.807, 2.05) is 0 Å². The molecular weight excluding hydrogens is 266 g/mol. The lowest BCUT2D eigenvalue weighted by Crippen LogP contribution is -2.44. The minimum atomic E-state index is 0.400. The fourth-order valence-electron chi connectivity index (χ4n) is 3.01. The fourth-order valence-corrected chi connectivity index (χ4v) is 3.01. The minimum Gasteiger partial charge on any atom is -0.382 e. The molecule has 120 valence electrons. The van der Waals surface area contributed by atoms with E-state index in [2.05, 4.69) is 41.5 Å². The molecule has 0 saturated carbocycles. The molecule has 0 amide bonds. The standard InChI is InChI=1S/C16H29N3O2/c1-13-11-14(2)19(17-13)12-15(3)18-7-5-16(6-8-18)21-10-9-20-4/h11,15-16H,5-10,12H2,1-4H3/t15-/m1/s1. The van der Waals surface area contributed by atoms with Crippen LogP contribution in [0.4, 0.5) is 0 Å². The Morgan fingerprint density at radius 3 is 2.57 bits per heavy atom. The van der Waals surface area contributed by atoms with E-state index in [4.69, 9.17) is 9.47 Å². The van der Waals surface area contributed by atoms with Crippen LogP contribution in [0.1, 0.15) is 31.2 Å². The molecule has 5 nitrogen and oxygen atoms in total. The molecule has 1 fully saturated rings. The largest absolute Gasteiger partial charge is 0.382 e. The number of piperidine rings is 1. The molecule has 5 heteroatoms. The highest BCUT2D eigenvalue weighted by Crippen LogP contribution is 2.17. The van der Waals surface area contributed by atoms with Gasteiger partial charge in [0.15, 0.2) is 0 Å². The summed E-state index contributed by atoms with van der Waals surface area (Å²) >= 11 is 0. The summed E-state index contributed by atoms with van der Waals surface area (Å²) in [6.07, 6.45) is 2.63. The van der Waals surface area contributed by atoms with E-state index < -0.39 is 0 Å². The normalized spacial score (nSPS) is 19.0. The number of hydrogen-bond acceptors (Lipinski definition) is 4. The Bertz CT molecular complexity index is 425. The van der Waals surface area contributed by atoms with Gasteiger partial charge >= 0.3 is 0 Å². The molecule has 21 heavy (non-hydrogen) atoms. The average Bonchev–Trinajstić information content (AvgIpc) is 2.78. The van der Waals surface area contributed by atoms with Crippen LogP contribution in [0.3, 0.4) is 0 Å². The Balaban J connectivity index is 1.75. The molecule has 1 atom stereocenters. The predicted molar refractivity (Wildman–Crippen MR) is 83.6 cm³/mol. The van der Waals surface area contributed by atoms with Crippen LogP contribution in [0.15, 0.2) is 6.07 Å². The summed E-state index contributed by atoms with van der Waals surface area (Å²) < 4.78 is 13.0. The zero-order chi connectivity index (χ0) is 15.2. The summed E-state index contributed by atoms with van der Waals surface area (Å²) in [5.74, 6) is 0. The monoisotopic (exact) mass is 295 g/mol. The van der Waals surface area contributed by atoms with Crippen LogP contribution in [0.2, 0.25) is 0 Å².